The summed E-state index contributed by atoms with van der Waals surface area (Å²) in [6.45, 7) is 13.1. The summed E-state index contributed by atoms with van der Waals surface area (Å²) >= 11 is 2.13. The van der Waals surface area contributed by atoms with Crippen LogP contribution in [0.1, 0.15) is 40.5 Å². The van der Waals surface area contributed by atoms with Crippen molar-refractivity contribution >= 4 is 11.8 Å². The Morgan fingerprint density at radius 1 is 1.24 bits per heavy atom. The molecule has 0 radical (unpaired) electrons. The van der Waals surface area contributed by atoms with Gasteiger partial charge in [0.15, 0.2) is 0 Å². The van der Waals surface area contributed by atoms with E-state index in [4.69, 9.17) is 5.73 Å². The first-order valence-corrected chi connectivity index (χ1v) is 7.96. The fourth-order valence-electron chi connectivity index (χ4n) is 3.51. The summed E-state index contributed by atoms with van der Waals surface area (Å²) in [6, 6.07) is 0.391. The maximum atomic E-state index is 6.41. The number of hydrogen-bond acceptors (Lipinski definition) is 3. The Bertz CT molecular complexity index is 257. The third-order valence-electron chi connectivity index (χ3n) is 4.56. The molecule has 0 bridgehead atoms. The van der Waals surface area contributed by atoms with E-state index in [0.717, 1.165) is 10.5 Å². The molecule has 2 fully saturated rings. The topological polar surface area (TPSA) is 29.3 Å². The molecule has 1 aliphatic heterocycles. The second kappa shape index (κ2) is 5.10. The van der Waals surface area contributed by atoms with Gasteiger partial charge >= 0.3 is 0 Å². The maximum absolute atomic E-state index is 6.41. The van der Waals surface area contributed by atoms with Crippen molar-refractivity contribution in [1.82, 2.24) is 4.90 Å². The molecule has 4 unspecified atom stereocenters. The van der Waals surface area contributed by atoms with Crippen LogP contribution in [-0.4, -0.2) is 41.1 Å². The molecule has 0 spiro atoms. The highest BCUT2D eigenvalue weighted by atomic mass is 32.2. The number of rotatable bonds is 2. The molecule has 2 N–H and O–H groups in total. The summed E-state index contributed by atoms with van der Waals surface area (Å²) in [6.07, 6.45) is 2.62. The molecule has 1 saturated carbocycles. The Balaban J connectivity index is 1.89. The van der Waals surface area contributed by atoms with Gasteiger partial charge in [-0.25, -0.2) is 0 Å². The van der Waals surface area contributed by atoms with Crippen LogP contribution in [0.15, 0.2) is 0 Å². The van der Waals surface area contributed by atoms with Crippen molar-refractivity contribution in [2.75, 3.05) is 19.6 Å². The molecule has 0 amide bonds. The minimum atomic E-state index is 0.354. The molecule has 0 aromatic heterocycles. The third kappa shape index (κ3) is 3.18. The van der Waals surface area contributed by atoms with Gasteiger partial charge in [-0.15, -0.1) is 0 Å². The summed E-state index contributed by atoms with van der Waals surface area (Å²) < 4.78 is 0. The molecular weight excluding hydrogens is 228 g/mol. The molecule has 2 nitrogen and oxygen atoms in total. The summed E-state index contributed by atoms with van der Waals surface area (Å²) in [5.41, 5.74) is 6.76. The second-order valence-electron chi connectivity index (χ2n) is 6.79. The first-order chi connectivity index (χ1) is 7.88. The molecule has 0 aromatic carbocycles. The zero-order chi connectivity index (χ0) is 12.6. The SMILES string of the molecule is CC1CN(CC2CCC(C)(C)C2N)CC(C)S1. The van der Waals surface area contributed by atoms with Gasteiger partial charge in [0.2, 0.25) is 0 Å². The number of hydrogen-bond donors (Lipinski definition) is 1. The minimum absolute atomic E-state index is 0.354. The molecule has 1 aliphatic carbocycles. The van der Waals surface area contributed by atoms with Gasteiger partial charge in [0.25, 0.3) is 0 Å². The molecular formula is C14H28N2S. The van der Waals surface area contributed by atoms with Crippen molar-refractivity contribution in [3.8, 4) is 0 Å². The van der Waals surface area contributed by atoms with E-state index in [2.05, 4.69) is 44.4 Å². The van der Waals surface area contributed by atoms with Crippen molar-refractivity contribution in [1.29, 1.82) is 0 Å². The zero-order valence-electron chi connectivity index (χ0n) is 11.8. The molecule has 1 saturated heterocycles. The summed E-state index contributed by atoms with van der Waals surface area (Å²) in [7, 11) is 0. The van der Waals surface area contributed by atoms with E-state index in [-0.39, 0.29) is 0 Å². The highest BCUT2D eigenvalue weighted by Crippen LogP contribution is 2.40. The summed E-state index contributed by atoms with van der Waals surface area (Å²) in [5, 5.41) is 1.56. The Morgan fingerprint density at radius 3 is 2.29 bits per heavy atom. The van der Waals surface area contributed by atoms with Gasteiger partial charge in [-0.05, 0) is 24.2 Å². The Kier molecular flexibility index (Phi) is 4.11. The molecule has 100 valence electrons. The van der Waals surface area contributed by atoms with Gasteiger partial charge in [-0.2, -0.15) is 11.8 Å². The van der Waals surface area contributed by atoms with Crippen molar-refractivity contribution in [3.05, 3.63) is 0 Å². The van der Waals surface area contributed by atoms with Gasteiger partial charge in [0.1, 0.15) is 0 Å². The van der Waals surface area contributed by atoms with E-state index in [1.54, 1.807) is 0 Å². The van der Waals surface area contributed by atoms with Gasteiger partial charge in [-0.3, -0.25) is 0 Å². The van der Waals surface area contributed by atoms with Crippen molar-refractivity contribution < 1.29 is 0 Å². The van der Waals surface area contributed by atoms with E-state index in [1.165, 1.54) is 32.5 Å². The van der Waals surface area contributed by atoms with Crippen LogP contribution in [0, 0.1) is 11.3 Å². The molecule has 0 aromatic rings. The predicted octanol–water partition coefficient (Wildman–Crippen LogP) is 2.58. The van der Waals surface area contributed by atoms with E-state index >= 15 is 0 Å². The number of thioether (sulfide) groups is 1. The third-order valence-corrected chi connectivity index (χ3v) is 5.79. The quantitative estimate of drug-likeness (QED) is 0.823. The van der Waals surface area contributed by atoms with Gasteiger partial charge in [0, 0.05) is 36.2 Å². The van der Waals surface area contributed by atoms with Crippen molar-refractivity contribution in [2.45, 2.75) is 57.1 Å². The van der Waals surface area contributed by atoms with E-state index in [9.17, 15) is 0 Å². The van der Waals surface area contributed by atoms with Crippen LogP contribution in [0.3, 0.4) is 0 Å². The highest BCUT2D eigenvalue weighted by Gasteiger charge is 2.40. The predicted molar refractivity (Wildman–Crippen MR) is 77.4 cm³/mol. The van der Waals surface area contributed by atoms with Crippen molar-refractivity contribution in [2.24, 2.45) is 17.1 Å². The Morgan fingerprint density at radius 2 is 1.82 bits per heavy atom. The fourth-order valence-corrected chi connectivity index (χ4v) is 4.90. The lowest BCUT2D eigenvalue weighted by Crippen LogP contribution is -2.47. The largest absolute Gasteiger partial charge is 0.327 e. The van der Waals surface area contributed by atoms with Gasteiger partial charge in [-0.1, -0.05) is 27.7 Å². The second-order valence-corrected chi connectivity index (χ2v) is 8.67. The smallest absolute Gasteiger partial charge is 0.0149 e. The Hall–Kier alpha value is 0.270. The van der Waals surface area contributed by atoms with Crippen LogP contribution in [0.5, 0.6) is 0 Å². The van der Waals surface area contributed by atoms with E-state index in [1.807, 2.05) is 0 Å². The molecule has 3 heteroatoms. The maximum Gasteiger partial charge on any atom is 0.0149 e. The zero-order valence-corrected chi connectivity index (χ0v) is 12.6. The highest BCUT2D eigenvalue weighted by molar-refractivity contribution is 8.00. The lowest BCUT2D eigenvalue weighted by Gasteiger charge is -2.37. The molecule has 17 heavy (non-hydrogen) atoms. The number of nitrogens with two attached hydrogens (primary N) is 1. The number of nitrogens with zero attached hydrogens (tertiary/aromatic N) is 1. The summed E-state index contributed by atoms with van der Waals surface area (Å²) in [5.74, 6) is 0.715. The monoisotopic (exact) mass is 256 g/mol. The average molecular weight is 256 g/mol. The van der Waals surface area contributed by atoms with Crippen LogP contribution >= 0.6 is 11.8 Å². The minimum Gasteiger partial charge on any atom is -0.327 e. The van der Waals surface area contributed by atoms with Gasteiger partial charge < -0.3 is 10.6 Å². The normalized spacial score (nSPS) is 42.9. The van der Waals surface area contributed by atoms with Crippen molar-refractivity contribution in [3.63, 3.8) is 0 Å². The van der Waals surface area contributed by atoms with Crippen LogP contribution in [-0.2, 0) is 0 Å². The molecule has 1 heterocycles. The van der Waals surface area contributed by atoms with Crippen LogP contribution in [0.2, 0.25) is 0 Å². The first kappa shape index (κ1) is 13.7. The Labute approximate surface area is 111 Å². The van der Waals surface area contributed by atoms with Crippen LogP contribution in [0.25, 0.3) is 0 Å². The molecule has 4 atom stereocenters. The average Bonchev–Trinajstić information content (AvgIpc) is 2.44. The summed E-state index contributed by atoms with van der Waals surface area (Å²) in [4.78, 5) is 2.65. The molecule has 2 aliphatic rings. The first-order valence-electron chi connectivity index (χ1n) is 7.02. The lowest BCUT2D eigenvalue weighted by molar-refractivity contribution is 0.203. The lowest BCUT2D eigenvalue weighted by atomic mass is 9.85. The van der Waals surface area contributed by atoms with E-state index < -0.39 is 0 Å². The standard InChI is InChI=1S/C14H28N2S/c1-10-7-16(8-11(2)17-10)9-12-5-6-14(3,4)13(12)15/h10-13H,5-9,15H2,1-4H3. The van der Waals surface area contributed by atoms with Gasteiger partial charge in [0.05, 0.1) is 0 Å². The van der Waals surface area contributed by atoms with E-state index in [0.29, 0.717) is 17.4 Å². The fraction of sp³-hybridized carbons (Fsp3) is 1.00. The van der Waals surface area contributed by atoms with Crippen LogP contribution < -0.4 is 5.73 Å². The molecule has 2 rings (SSSR count). The van der Waals surface area contributed by atoms with Crippen LogP contribution in [0.4, 0.5) is 0 Å².